The molecule has 1 saturated heterocycles. The standard InChI is InChI=1S/C27H22N8O9S3/c28-25-32-18(10-46-25)27(24(42)43,11-1-2-14(36)15(37)5-11)44-30-6-19(38)33-20-13-9-45-17(21(23(40)41)35(13)22(20)39)8-34-4-3-16-12(7-34)31-26(29)47-16/h1-7,10,13,20H,8-9H2,(H8-,28,29,30,31,32,33,36,37,38,40,41,42,43)/p+1. The van der Waals surface area contributed by atoms with Gasteiger partial charge < -0.3 is 42.0 Å². The molecule has 0 spiro atoms. The van der Waals surface area contributed by atoms with Crippen LogP contribution < -0.4 is 21.4 Å². The number of amides is 2. The van der Waals surface area contributed by atoms with Crippen molar-refractivity contribution in [2.24, 2.45) is 5.16 Å². The first-order valence-corrected chi connectivity index (χ1v) is 16.0. The molecule has 2 aliphatic heterocycles. The van der Waals surface area contributed by atoms with Crippen LogP contribution in [0.3, 0.4) is 0 Å². The molecule has 0 saturated carbocycles. The molecule has 9 N–H and O–H groups in total. The Balaban J connectivity index is 1.18. The van der Waals surface area contributed by atoms with Crippen molar-refractivity contribution in [2.75, 3.05) is 17.2 Å². The zero-order valence-corrected chi connectivity index (χ0v) is 26.1. The Hall–Kier alpha value is -5.47. The van der Waals surface area contributed by atoms with Crippen LogP contribution in [0.1, 0.15) is 11.3 Å². The fourth-order valence-electron chi connectivity index (χ4n) is 5.14. The number of oxime groups is 1. The second kappa shape index (κ2) is 12.0. The number of rotatable bonds is 10. The Morgan fingerprint density at radius 3 is 2.64 bits per heavy atom. The van der Waals surface area contributed by atoms with Gasteiger partial charge in [-0.05, 0) is 18.2 Å². The molecule has 242 valence electrons. The van der Waals surface area contributed by atoms with Crippen molar-refractivity contribution < 1.29 is 49.0 Å². The number of carboxylic acids is 2. The minimum absolute atomic E-state index is 0.000366. The second-order valence-electron chi connectivity index (χ2n) is 10.2. The number of phenolic OH excluding ortho intramolecular Hbond substituents is 2. The van der Waals surface area contributed by atoms with Crippen molar-refractivity contribution in [3.63, 3.8) is 0 Å². The fraction of sp³-hybridized carbons (Fsp3) is 0.185. The molecular formula is C27H23N8O9S3+. The number of benzene rings is 1. The van der Waals surface area contributed by atoms with Gasteiger partial charge in [0.15, 0.2) is 40.7 Å². The summed E-state index contributed by atoms with van der Waals surface area (Å²) >= 11 is 3.46. The van der Waals surface area contributed by atoms with E-state index in [4.69, 9.17) is 16.3 Å². The van der Waals surface area contributed by atoms with Crippen LogP contribution >= 0.6 is 34.4 Å². The fourth-order valence-corrected chi connectivity index (χ4v) is 7.72. The Morgan fingerprint density at radius 2 is 1.96 bits per heavy atom. The molecule has 2 amide bonds. The molecule has 3 unspecified atom stereocenters. The summed E-state index contributed by atoms with van der Waals surface area (Å²) < 4.78 is 2.61. The Morgan fingerprint density at radius 1 is 1.17 bits per heavy atom. The molecule has 5 heterocycles. The average molecular weight is 700 g/mol. The van der Waals surface area contributed by atoms with Gasteiger partial charge in [-0.3, -0.25) is 14.5 Å². The third-order valence-electron chi connectivity index (χ3n) is 7.31. The number of carboxylic acid groups (broad SMARTS) is 2. The van der Waals surface area contributed by atoms with E-state index in [0.29, 0.717) is 21.8 Å². The Labute approximate surface area is 275 Å². The highest BCUT2D eigenvalue weighted by Crippen LogP contribution is 2.40. The second-order valence-corrected chi connectivity index (χ2v) is 13.2. The molecule has 1 fully saturated rings. The van der Waals surface area contributed by atoms with Crippen LogP contribution in [0.15, 0.2) is 57.8 Å². The number of nitrogens with one attached hydrogen (secondary N) is 1. The van der Waals surface area contributed by atoms with Crippen LogP contribution in [-0.4, -0.2) is 83.1 Å². The molecule has 2 aliphatic rings. The topological polar surface area (TPSA) is 268 Å². The summed E-state index contributed by atoms with van der Waals surface area (Å²) in [6.45, 7) is 0.159. The molecule has 1 aromatic carbocycles. The van der Waals surface area contributed by atoms with Crippen molar-refractivity contribution in [2.45, 2.75) is 24.2 Å². The van der Waals surface area contributed by atoms with Gasteiger partial charge in [0.25, 0.3) is 11.8 Å². The summed E-state index contributed by atoms with van der Waals surface area (Å²) in [6, 6.07) is 3.18. The lowest BCUT2D eigenvalue weighted by atomic mass is 9.90. The van der Waals surface area contributed by atoms with E-state index in [2.05, 4.69) is 20.4 Å². The van der Waals surface area contributed by atoms with Crippen LogP contribution in [0.4, 0.5) is 10.3 Å². The van der Waals surface area contributed by atoms with E-state index in [-0.39, 0.29) is 34.4 Å². The summed E-state index contributed by atoms with van der Waals surface area (Å²) in [7, 11) is 0. The van der Waals surface area contributed by atoms with Crippen molar-refractivity contribution in [1.29, 1.82) is 0 Å². The predicted molar refractivity (Wildman–Crippen MR) is 168 cm³/mol. The smallest absolute Gasteiger partial charge is 0.362 e. The molecular weight excluding hydrogens is 677 g/mol. The quantitative estimate of drug-likeness (QED) is 0.0388. The molecule has 6 rings (SSSR count). The maximum absolute atomic E-state index is 13.1. The summed E-state index contributed by atoms with van der Waals surface area (Å²) in [4.78, 5) is 66.0. The van der Waals surface area contributed by atoms with Gasteiger partial charge in [-0.2, -0.15) is 4.57 Å². The summed E-state index contributed by atoms with van der Waals surface area (Å²) in [6.07, 6.45) is 4.10. The van der Waals surface area contributed by atoms with Crippen LogP contribution in [0.5, 0.6) is 11.5 Å². The number of thiazole rings is 2. The van der Waals surface area contributed by atoms with Gasteiger partial charge in [0.05, 0.1) is 15.6 Å². The van der Waals surface area contributed by atoms with E-state index in [0.717, 1.165) is 39.1 Å². The normalized spacial score (nSPS) is 18.9. The highest BCUT2D eigenvalue weighted by Gasteiger charge is 2.54. The lowest BCUT2D eigenvalue weighted by Crippen LogP contribution is -2.72. The largest absolute Gasteiger partial charge is 0.504 e. The number of carbonyl (C=O) groups is 4. The highest BCUT2D eigenvalue weighted by atomic mass is 32.2. The first kappa shape index (κ1) is 31.5. The summed E-state index contributed by atoms with van der Waals surface area (Å²) in [5.41, 5.74) is 9.01. The Kier molecular flexibility index (Phi) is 8.07. The molecule has 47 heavy (non-hydrogen) atoms. The molecule has 0 bridgehead atoms. The number of carbonyl (C=O) groups excluding carboxylic acids is 2. The number of nitrogen functional groups attached to an aromatic ring is 2. The number of nitrogens with two attached hydrogens (primary N) is 2. The number of β-lactam (4-membered cyclic amide) rings is 1. The first-order chi connectivity index (χ1) is 22.4. The van der Waals surface area contributed by atoms with Gasteiger partial charge in [-0.15, -0.1) is 23.1 Å². The maximum Gasteiger partial charge on any atom is 0.362 e. The van der Waals surface area contributed by atoms with Crippen LogP contribution in [0.25, 0.3) is 10.2 Å². The van der Waals surface area contributed by atoms with Crippen molar-refractivity contribution in [3.8, 4) is 11.5 Å². The van der Waals surface area contributed by atoms with Crippen LogP contribution in [0.2, 0.25) is 0 Å². The molecule has 4 aromatic rings. The van der Waals surface area contributed by atoms with Gasteiger partial charge in [-0.25, -0.2) is 19.6 Å². The third-order valence-corrected chi connectivity index (χ3v) is 10.0. The number of aromatic nitrogens is 3. The number of aromatic hydroxyl groups is 2. The van der Waals surface area contributed by atoms with Gasteiger partial charge in [0.2, 0.25) is 0 Å². The van der Waals surface area contributed by atoms with Crippen molar-refractivity contribution >= 4 is 84.9 Å². The monoisotopic (exact) mass is 699 g/mol. The van der Waals surface area contributed by atoms with Crippen molar-refractivity contribution in [3.05, 3.63) is 63.9 Å². The zero-order valence-electron chi connectivity index (χ0n) is 23.6. The number of nitrogens with zero attached hydrogens (tertiary/aromatic N) is 5. The number of fused-ring (bicyclic) bond motifs is 2. The van der Waals surface area contributed by atoms with Gasteiger partial charge >= 0.3 is 17.5 Å². The van der Waals surface area contributed by atoms with E-state index < -0.39 is 52.9 Å². The summed E-state index contributed by atoms with van der Waals surface area (Å²) in [5.74, 6) is -5.43. The van der Waals surface area contributed by atoms with Gasteiger partial charge in [0, 0.05) is 22.8 Å². The number of hydrogen-bond donors (Lipinski definition) is 7. The lowest BCUT2D eigenvalue weighted by molar-refractivity contribution is -0.686. The van der Waals surface area contributed by atoms with E-state index in [1.54, 1.807) is 17.0 Å². The minimum atomic E-state index is -2.49. The van der Waals surface area contributed by atoms with Crippen LogP contribution in [-0.2, 0) is 36.2 Å². The Bertz CT molecular complexity index is 2030. The van der Waals surface area contributed by atoms with Gasteiger partial charge in [0.1, 0.15) is 29.2 Å². The van der Waals surface area contributed by atoms with Gasteiger partial charge in [-0.1, -0.05) is 16.5 Å². The zero-order chi connectivity index (χ0) is 33.6. The summed E-state index contributed by atoms with van der Waals surface area (Å²) in [5, 5.41) is 47.7. The third kappa shape index (κ3) is 5.61. The highest BCUT2D eigenvalue weighted by molar-refractivity contribution is 8.03. The molecule has 0 aliphatic carbocycles. The van der Waals surface area contributed by atoms with Crippen LogP contribution in [0, 0.1) is 0 Å². The molecule has 3 atom stereocenters. The van der Waals surface area contributed by atoms with E-state index in [1.165, 1.54) is 28.5 Å². The molecule has 3 aromatic heterocycles. The van der Waals surface area contributed by atoms with Crippen molar-refractivity contribution in [1.82, 2.24) is 20.2 Å². The number of thioether (sulfide) groups is 1. The predicted octanol–water partition coefficient (Wildman–Crippen LogP) is 0.385. The number of allylic oxidation sites excluding steroid dienone is 1. The average Bonchev–Trinajstić information content (AvgIpc) is 3.63. The molecule has 17 nitrogen and oxygen atoms in total. The number of aliphatic carboxylic acids is 2. The molecule has 0 radical (unpaired) electrons. The SMILES string of the molecule is Nc1nc(C(ON=CC(=O)NC2C(=O)N3C(C(=O)O)=C(C[n+]4ccc5sc(N)nc5c4)SCC23)(C(=O)O)c2ccc(O)c(O)c2)cs1. The first-order valence-electron chi connectivity index (χ1n) is 13.4. The lowest BCUT2D eigenvalue weighted by Gasteiger charge is -2.49. The number of phenols is 2. The van der Waals surface area contributed by atoms with E-state index in [9.17, 15) is 39.6 Å². The minimum Gasteiger partial charge on any atom is -0.504 e. The number of anilines is 2. The van der Waals surface area contributed by atoms with E-state index >= 15 is 0 Å². The van der Waals surface area contributed by atoms with E-state index in [1.807, 2.05) is 6.07 Å². The number of hydrogen-bond acceptors (Lipinski definition) is 15. The molecule has 20 heteroatoms. The number of pyridine rings is 1. The maximum atomic E-state index is 13.1.